The highest BCUT2D eigenvalue weighted by molar-refractivity contribution is 5.78. The number of aryl methyl sites for hydroxylation is 2. The van der Waals surface area contributed by atoms with Gasteiger partial charge in [-0.1, -0.05) is 19.1 Å². The van der Waals surface area contributed by atoms with E-state index in [1.165, 1.54) is 6.07 Å². The van der Waals surface area contributed by atoms with Crippen molar-refractivity contribution in [3.63, 3.8) is 0 Å². The van der Waals surface area contributed by atoms with Crippen molar-refractivity contribution < 1.29 is 13.9 Å². The number of fused-ring (bicyclic) bond motifs is 1. The van der Waals surface area contributed by atoms with Gasteiger partial charge in [-0.05, 0) is 24.6 Å². The Kier molecular flexibility index (Phi) is 3.06. The molecule has 0 bridgehead atoms. The molecule has 0 aliphatic rings. The molecule has 0 saturated heterocycles. The maximum absolute atomic E-state index is 13.6. The molecule has 104 valence electrons. The Balaban J connectivity index is 2.05. The Morgan fingerprint density at radius 3 is 2.85 bits per heavy atom. The topological polar surface area (TPSA) is 51.2 Å². The van der Waals surface area contributed by atoms with Gasteiger partial charge in [-0.2, -0.15) is 5.10 Å². The van der Waals surface area contributed by atoms with Gasteiger partial charge in [-0.25, -0.2) is 4.39 Å². The summed E-state index contributed by atoms with van der Waals surface area (Å²) in [4.78, 5) is 0. The number of halogens is 1. The molecule has 0 fully saturated rings. The van der Waals surface area contributed by atoms with Gasteiger partial charge in [0.1, 0.15) is 5.76 Å². The summed E-state index contributed by atoms with van der Waals surface area (Å²) in [6.45, 7) is 2.00. The molecule has 2 heterocycles. The number of hydrogen-bond donors (Lipinski definition) is 1. The lowest BCUT2D eigenvalue weighted by Gasteiger charge is -2.07. The van der Waals surface area contributed by atoms with Crippen LogP contribution in [0.2, 0.25) is 0 Å². The Morgan fingerprint density at radius 2 is 2.20 bits per heavy atom. The van der Waals surface area contributed by atoms with E-state index in [1.807, 2.05) is 13.0 Å². The normalized spacial score (nSPS) is 13.0. The van der Waals surface area contributed by atoms with Crippen LogP contribution in [0, 0.1) is 5.82 Å². The summed E-state index contributed by atoms with van der Waals surface area (Å²) in [6.07, 6.45) is -0.172. The largest absolute Gasteiger partial charge is 0.455 e. The molecular weight excluding hydrogens is 259 g/mol. The Hall–Kier alpha value is -2.14. The van der Waals surface area contributed by atoms with E-state index in [0.717, 1.165) is 12.1 Å². The molecule has 3 rings (SSSR count). The van der Waals surface area contributed by atoms with Gasteiger partial charge in [0.15, 0.2) is 17.5 Å². The lowest BCUT2D eigenvalue weighted by Crippen LogP contribution is -2.05. The fourth-order valence-electron chi connectivity index (χ4n) is 2.30. The predicted octanol–water partition coefficient (Wildman–Crippen LogP) is 2.95. The third-order valence-electron chi connectivity index (χ3n) is 3.39. The smallest absolute Gasteiger partial charge is 0.170 e. The number of nitrogens with zero attached hydrogens (tertiary/aromatic N) is 2. The average molecular weight is 274 g/mol. The first-order valence-electron chi connectivity index (χ1n) is 6.49. The summed E-state index contributed by atoms with van der Waals surface area (Å²) >= 11 is 0. The number of rotatable bonds is 3. The number of para-hydroxylation sites is 1. The lowest BCUT2D eigenvalue weighted by atomic mass is 10.1. The van der Waals surface area contributed by atoms with E-state index >= 15 is 0 Å². The van der Waals surface area contributed by atoms with Crippen LogP contribution in [0.4, 0.5) is 4.39 Å². The minimum absolute atomic E-state index is 0.166. The molecule has 0 spiro atoms. The van der Waals surface area contributed by atoms with Crippen LogP contribution in [0.25, 0.3) is 11.0 Å². The molecule has 20 heavy (non-hydrogen) atoms. The third-order valence-corrected chi connectivity index (χ3v) is 3.39. The highest BCUT2D eigenvalue weighted by Gasteiger charge is 2.20. The minimum Gasteiger partial charge on any atom is -0.455 e. The highest BCUT2D eigenvalue weighted by Crippen LogP contribution is 2.29. The lowest BCUT2D eigenvalue weighted by molar-refractivity contribution is 0.182. The number of benzene rings is 1. The van der Waals surface area contributed by atoms with Crippen LogP contribution in [-0.4, -0.2) is 14.9 Å². The van der Waals surface area contributed by atoms with Crippen molar-refractivity contribution in [1.82, 2.24) is 9.78 Å². The first kappa shape index (κ1) is 12.9. The van der Waals surface area contributed by atoms with Crippen LogP contribution < -0.4 is 0 Å². The average Bonchev–Trinajstić information content (AvgIpc) is 3.02. The number of furan rings is 1. The van der Waals surface area contributed by atoms with Crippen LogP contribution in [-0.2, 0) is 13.5 Å². The van der Waals surface area contributed by atoms with Gasteiger partial charge in [0.25, 0.3) is 0 Å². The van der Waals surface area contributed by atoms with E-state index in [2.05, 4.69) is 5.10 Å². The van der Waals surface area contributed by atoms with Gasteiger partial charge in [0, 0.05) is 12.4 Å². The summed E-state index contributed by atoms with van der Waals surface area (Å²) in [6, 6.07) is 8.18. The quantitative estimate of drug-likeness (QED) is 0.799. The second-order valence-electron chi connectivity index (χ2n) is 4.75. The fraction of sp³-hybridized carbons (Fsp3) is 0.267. The van der Waals surface area contributed by atoms with E-state index in [9.17, 15) is 9.50 Å². The van der Waals surface area contributed by atoms with Crippen LogP contribution in [0.1, 0.15) is 30.2 Å². The van der Waals surface area contributed by atoms with Gasteiger partial charge in [0.05, 0.1) is 11.4 Å². The number of aliphatic hydroxyl groups excluding tert-OH is 1. The standard InChI is InChI=1S/C15H15FN2O2/c1-3-10-8-12(18(2)17-10)14(19)13-7-9-5-4-6-11(16)15(9)20-13/h4-8,14,19H,3H2,1-2H3. The maximum Gasteiger partial charge on any atom is 0.170 e. The second kappa shape index (κ2) is 4.76. The van der Waals surface area contributed by atoms with Gasteiger partial charge in [0.2, 0.25) is 0 Å². The first-order valence-corrected chi connectivity index (χ1v) is 6.49. The molecule has 1 aromatic carbocycles. The highest BCUT2D eigenvalue weighted by atomic mass is 19.1. The van der Waals surface area contributed by atoms with E-state index in [0.29, 0.717) is 16.8 Å². The zero-order chi connectivity index (χ0) is 14.3. The van der Waals surface area contributed by atoms with Crippen molar-refractivity contribution in [2.45, 2.75) is 19.4 Å². The van der Waals surface area contributed by atoms with Crippen LogP contribution >= 0.6 is 0 Å². The van der Waals surface area contributed by atoms with Crippen LogP contribution in [0.5, 0.6) is 0 Å². The zero-order valence-electron chi connectivity index (χ0n) is 11.3. The Morgan fingerprint density at radius 1 is 1.40 bits per heavy atom. The van der Waals surface area contributed by atoms with Gasteiger partial charge >= 0.3 is 0 Å². The molecule has 3 aromatic rings. The summed E-state index contributed by atoms with van der Waals surface area (Å²) in [7, 11) is 1.76. The number of hydrogen-bond acceptors (Lipinski definition) is 3. The molecule has 4 nitrogen and oxygen atoms in total. The second-order valence-corrected chi connectivity index (χ2v) is 4.75. The van der Waals surface area contributed by atoms with Crippen LogP contribution in [0.15, 0.2) is 34.7 Å². The Labute approximate surface area is 115 Å². The first-order chi connectivity index (χ1) is 9.60. The maximum atomic E-state index is 13.6. The Bertz CT molecular complexity index is 760. The van der Waals surface area contributed by atoms with Crippen molar-refractivity contribution >= 4 is 11.0 Å². The fourth-order valence-corrected chi connectivity index (χ4v) is 2.30. The molecule has 0 saturated carbocycles. The molecule has 1 N–H and O–H groups in total. The van der Waals surface area contributed by atoms with Gasteiger partial charge < -0.3 is 9.52 Å². The van der Waals surface area contributed by atoms with E-state index in [4.69, 9.17) is 4.42 Å². The third kappa shape index (κ3) is 2.00. The SMILES string of the molecule is CCc1cc(C(O)c2cc3cccc(F)c3o2)n(C)n1. The molecule has 0 aliphatic carbocycles. The molecule has 1 unspecified atom stereocenters. The molecule has 0 amide bonds. The van der Waals surface area contributed by atoms with Crippen molar-refractivity contribution in [2.75, 3.05) is 0 Å². The van der Waals surface area contributed by atoms with Gasteiger partial charge in [-0.15, -0.1) is 0 Å². The van der Waals surface area contributed by atoms with E-state index in [-0.39, 0.29) is 5.58 Å². The summed E-state index contributed by atoms with van der Waals surface area (Å²) in [5, 5.41) is 15.3. The van der Waals surface area contributed by atoms with E-state index < -0.39 is 11.9 Å². The van der Waals surface area contributed by atoms with Gasteiger partial charge in [-0.3, -0.25) is 4.68 Å². The van der Waals surface area contributed by atoms with Crippen LogP contribution in [0.3, 0.4) is 0 Å². The molecular formula is C15H15FN2O2. The zero-order valence-corrected chi connectivity index (χ0v) is 11.3. The predicted molar refractivity (Wildman–Crippen MR) is 72.8 cm³/mol. The molecule has 0 radical (unpaired) electrons. The van der Waals surface area contributed by atoms with Crippen molar-refractivity contribution in [3.8, 4) is 0 Å². The molecule has 1 atom stereocenters. The monoisotopic (exact) mass is 274 g/mol. The summed E-state index contributed by atoms with van der Waals surface area (Å²) in [5.74, 6) is -0.115. The van der Waals surface area contributed by atoms with Crippen molar-refractivity contribution in [1.29, 1.82) is 0 Å². The van der Waals surface area contributed by atoms with E-state index in [1.54, 1.807) is 29.9 Å². The molecule has 0 aliphatic heterocycles. The number of aromatic nitrogens is 2. The molecule has 5 heteroatoms. The minimum atomic E-state index is -0.959. The summed E-state index contributed by atoms with van der Waals surface area (Å²) in [5.41, 5.74) is 1.68. The number of aliphatic hydroxyl groups is 1. The van der Waals surface area contributed by atoms with Crippen molar-refractivity contribution in [3.05, 3.63) is 53.3 Å². The summed E-state index contributed by atoms with van der Waals surface area (Å²) < 4.78 is 20.7. The molecule has 2 aromatic heterocycles. The van der Waals surface area contributed by atoms with Crippen molar-refractivity contribution in [2.24, 2.45) is 7.05 Å².